The molecule has 1 aliphatic rings. The van der Waals surface area contributed by atoms with E-state index in [1.807, 2.05) is 0 Å². The third-order valence-electron chi connectivity index (χ3n) is 2.40. The number of hydrogen-bond acceptors (Lipinski definition) is 3. The molecule has 1 rings (SSSR count). The Hall–Kier alpha value is -1.10. The first-order valence-electron chi connectivity index (χ1n) is 4.72. The maximum atomic E-state index is 11.6. The van der Waals surface area contributed by atoms with E-state index in [9.17, 15) is 9.59 Å². The van der Waals surface area contributed by atoms with E-state index in [1.165, 1.54) is 4.90 Å². The molecule has 0 aliphatic carbocycles. The van der Waals surface area contributed by atoms with Gasteiger partial charge in [-0.2, -0.15) is 0 Å². The molecule has 3 N–H and O–H groups in total. The van der Waals surface area contributed by atoms with Gasteiger partial charge < -0.3 is 15.7 Å². The molecule has 1 heterocycles. The van der Waals surface area contributed by atoms with E-state index < -0.39 is 12.0 Å². The zero-order valence-electron chi connectivity index (χ0n) is 8.43. The lowest BCUT2D eigenvalue weighted by Crippen LogP contribution is -2.42. The third kappa shape index (κ3) is 2.04. The molecule has 0 unspecified atom stereocenters. The minimum atomic E-state index is -0.966. The first-order chi connectivity index (χ1) is 6.43. The number of likely N-dealkylation sites (tertiary alicyclic amines) is 1. The van der Waals surface area contributed by atoms with Crippen molar-refractivity contribution in [3.05, 3.63) is 0 Å². The quantitative estimate of drug-likeness (QED) is 0.638. The average molecular weight is 200 g/mol. The molecule has 14 heavy (non-hydrogen) atoms. The molecule has 0 spiro atoms. The first-order valence-corrected chi connectivity index (χ1v) is 4.72. The van der Waals surface area contributed by atoms with Crippen LogP contribution in [-0.2, 0) is 9.59 Å². The van der Waals surface area contributed by atoms with Crippen LogP contribution in [0.15, 0.2) is 0 Å². The molecule has 80 valence electrons. The van der Waals surface area contributed by atoms with Gasteiger partial charge in [0.25, 0.3) is 0 Å². The van der Waals surface area contributed by atoms with Crippen molar-refractivity contribution < 1.29 is 14.7 Å². The van der Waals surface area contributed by atoms with Gasteiger partial charge in [-0.05, 0) is 6.42 Å². The van der Waals surface area contributed by atoms with Gasteiger partial charge in [0.2, 0.25) is 5.91 Å². The van der Waals surface area contributed by atoms with Crippen LogP contribution in [0.25, 0.3) is 0 Å². The number of carboxylic acid groups (broad SMARTS) is 1. The summed E-state index contributed by atoms with van der Waals surface area (Å²) in [4.78, 5) is 23.8. The van der Waals surface area contributed by atoms with Crippen LogP contribution in [0.5, 0.6) is 0 Å². The van der Waals surface area contributed by atoms with E-state index in [2.05, 4.69) is 0 Å². The SMILES string of the molecule is CC(C)C(=O)N1C[C@H](N)C[C@@H]1C(=O)O. The Balaban J connectivity index is 2.76. The summed E-state index contributed by atoms with van der Waals surface area (Å²) in [5, 5.41) is 8.88. The van der Waals surface area contributed by atoms with E-state index in [1.54, 1.807) is 13.8 Å². The summed E-state index contributed by atoms with van der Waals surface area (Å²) < 4.78 is 0. The highest BCUT2D eigenvalue weighted by molar-refractivity contribution is 5.85. The van der Waals surface area contributed by atoms with E-state index in [0.717, 1.165) is 0 Å². The summed E-state index contributed by atoms with van der Waals surface area (Å²) in [6, 6.07) is -0.946. The van der Waals surface area contributed by atoms with Crippen molar-refractivity contribution in [2.75, 3.05) is 6.54 Å². The van der Waals surface area contributed by atoms with Gasteiger partial charge in [0.1, 0.15) is 6.04 Å². The second-order valence-electron chi connectivity index (χ2n) is 4.00. The minimum absolute atomic E-state index is 0.134. The van der Waals surface area contributed by atoms with Crippen LogP contribution in [0, 0.1) is 5.92 Å². The van der Waals surface area contributed by atoms with Crippen LogP contribution < -0.4 is 5.73 Å². The number of nitrogens with zero attached hydrogens (tertiary/aromatic N) is 1. The molecule has 0 radical (unpaired) electrons. The highest BCUT2D eigenvalue weighted by Crippen LogP contribution is 2.19. The van der Waals surface area contributed by atoms with Crippen LogP contribution in [-0.4, -0.2) is 40.5 Å². The Kier molecular flexibility index (Phi) is 3.10. The number of aliphatic carboxylic acids is 1. The lowest BCUT2D eigenvalue weighted by Gasteiger charge is -2.23. The Bertz CT molecular complexity index is 252. The van der Waals surface area contributed by atoms with Gasteiger partial charge in [-0.1, -0.05) is 13.8 Å². The topological polar surface area (TPSA) is 83.6 Å². The van der Waals surface area contributed by atoms with Crippen molar-refractivity contribution in [3.8, 4) is 0 Å². The molecule has 1 fully saturated rings. The highest BCUT2D eigenvalue weighted by Gasteiger charge is 2.38. The van der Waals surface area contributed by atoms with Gasteiger partial charge in [-0.15, -0.1) is 0 Å². The van der Waals surface area contributed by atoms with Gasteiger partial charge in [0, 0.05) is 18.5 Å². The number of nitrogens with two attached hydrogens (primary N) is 1. The standard InChI is InChI=1S/C9H16N2O3/c1-5(2)8(12)11-4-6(10)3-7(11)9(13)14/h5-7H,3-4,10H2,1-2H3,(H,13,14)/t6-,7-/m1/s1. The predicted octanol–water partition coefficient (Wildman–Crippen LogP) is -0.345. The predicted molar refractivity (Wildman–Crippen MR) is 50.6 cm³/mol. The van der Waals surface area contributed by atoms with Crippen molar-refractivity contribution in [2.45, 2.75) is 32.4 Å². The summed E-state index contributed by atoms with van der Waals surface area (Å²) in [5.74, 6) is -1.28. The molecule has 1 saturated heterocycles. The second-order valence-corrected chi connectivity index (χ2v) is 4.00. The lowest BCUT2D eigenvalue weighted by atomic mass is 10.1. The van der Waals surface area contributed by atoms with E-state index in [4.69, 9.17) is 10.8 Å². The number of hydrogen-bond donors (Lipinski definition) is 2. The third-order valence-corrected chi connectivity index (χ3v) is 2.40. The molecule has 5 heteroatoms. The van der Waals surface area contributed by atoms with Crippen molar-refractivity contribution in [1.29, 1.82) is 0 Å². The largest absolute Gasteiger partial charge is 0.480 e. The summed E-state index contributed by atoms with van der Waals surface area (Å²) in [5.41, 5.74) is 5.63. The molecule has 0 saturated carbocycles. The zero-order chi connectivity index (χ0) is 10.9. The molecule has 1 amide bonds. The van der Waals surface area contributed by atoms with Crippen LogP contribution in [0.2, 0.25) is 0 Å². The fourth-order valence-corrected chi connectivity index (χ4v) is 1.68. The second kappa shape index (κ2) is 3.96. The number of carboxylic acids is 1. The Morgan fingerprint density at radius 3 is 2.50 bits per heavy atom. The van der Waals surface area contributed by atoms with E-state index >= 15 is 0 Å². The van der Waals surface area contributed by atoms with Crippen LogP contribution in [0.1, 0.15) is 20.3 Å². The molecule has 0 aromatic carbocycles. The number of rotatable bonds is 2. The molecular weight excluding hydrogens is 184 g/mol. The Labute approximate surface area is 82.9 Å². The van der Waals surface area contributed by atoms with Crippen molar-refractivity contribution >= 4 is 11.9 Å². The summed E-state index contributed by atoms with van der Waals surface area (Å²) in [7, 11) is 0. The van der Waals surface area contributed by atoms with Gasteiger partial charge in [0.05, 0.1) is 0 Å². The van der Waals surface area contributed by atoms with Gasteiger partial charge in [-0.3, -0.25) is 4.79 Å². The Morgan fingerprint density at radius 2 is 2.07 bits per heavy atom. The van der Waals surface area contributed by atoms with Crippen LogP contribution >= 0.6 is 0 Å². The van der Waals surface area contributed by atoms with Crippen molar-refractivity contribution in [2.24, 2.45) is 11.7 Å². The molecule has 2 atom stereocenters. The van der Waals surface area contributed by atoms with Gasteiger partial charge in [0.15, 0.2) is 0 Å². The molecule has 1 aliphatic heterocycles. The average Bonchev–Trinajstić information content (AvgIpc) is 2.45. The molecule has 0 bridgehead atoms. The lowest BCUT2D eigenvalue weighted by molar-refractivity contribution is -0.149. The smallest absolute Gasteiger partial charge is 0.326 e. The van der Waals surface area contributed by atoms with E-state index in [-0.39, 0.29) is 17.9 Å². The number of carbonyl (C=O) groups is 2. The maximum absolute atomic E-state index is 11.6. The van der Waals surface area contributed by atoms with Crippen molar-refractivity contribution in [1.82, 2.24) is 4.90 Å². The highest BCUT2D eigenvalue weighted by atomic mass is 16.4. The minimum Gasteiger partial charge on any atom is -0.480 e. The summed E-state index contributed by atoms with van der Waals surface area (Å²) in [6.45, 7) is 3.87. The molecule has 0 aromatic rings. The fraction of sp³-hybridized carbons (Fsp3) is 0.778. The normalized spacial score (nSPS) is 27.0. The van der Waals surface area contributed by atoms with Crippen LogP contribution in [0.3, 0.4) is 0 Å². The molecule has 5 nitrogen and oxygen atoms in total. The van der Waals surface area contributed by atoms with Crippen molar-refractivity contribution in [3.63, 3.8) is 0 Å². The zero-order valence-corrected chi connectivity index (χ0v) is 8.43. The van der Waals surface area contributed by atoms with Crippen LogP contribution in [0.4, 0.5) is 0 Å². The van der Waals surface area contributed by atoms with Gasteiger partial charge >= 0.3 is 5.97 Å². The van der Waals surface area contributed by atoms with Gasteiger partial charge in [-0.25, -0.2) is 4.79 Å². The van der Waals surface area contributed by atoms with E-state index in [0.29, 0.717) is 13.0 Å². The molecule has 0 aromatic heterocycles. The molecular formula is C9H16N2O3. The maximum Gasteiger partial charge on any atom is 0.326 e. The Morgan fingerprint density at radius 1 is 1.50 bits per heavy atom. The first kappa shape index (κ1) is 11.0. The summed E-state index contributed by atoms with van der Waals surface area (Å²) in [6.07, 6.45) is 0.355. The monoisotopic (exact) mass is 200 g/mol. The fourth-order valence-electron chi connectivity index (χ4n) is 1.68. The number of carbonyl (C=O) groups excluding carboxylic acids is 1. The summed E-state index contributed by atoms with van der Waals surface area (Å²) >= 11 is 0. The number of amides is 1.